The van der Waals surface area contributed by atoms with Crippen molar-refractivity contribution in [3.63, 3.8) is 0 Å². The van der Waals surface area contributed by atoms with Crippen LogP contribution in [-0.2, 0) is 17.9 Å². The predicted octanol–water partition coefficient (Wildman–Crippen LogP) is 5.97. The van der Waals surface area contributed by atoms with Crippen LogP contribution < -0.4 is 4.74 Å². The fourth-order valence-corrected chi connectivity index (χ4v) is 2.68. The lowest BCUT2D eigenvalue weighted by Gasteiger charge is -2.27. The minimum Gasteiger partial charge on any atom is -0.489 e. The Morgan fingerprint density at radius 3 is 2.45 bits per heavy atom. The van der Waals surface area contributed by atoms with Gasteiger partial charge in [-0.15, -0.1) is 6.58 Å². The summed E-state index contributed by atoms with van der Waals surface area (Å²) in [5.41, 5.74) is 1.25. The van der Waals surface area contributed by atoms with E-state index in [1.807, 2.05) is 30.3 Å². The Bertz CT molecular complexity index is 856. The molecule has 5 heteroatoms. The highest BCUT2D eigenvalue weighted by Gasteiger charge is 2.23. The minimum atomic E-state index is -0.647. The Balaban J connectivity index is 2.21. The third kappa shape index (κ3) is 6.79. The Kier molecular flexibility index (Phi) is 7.59. The summed E-state index contributed by atoms with van der Waals surface area (Å²) < 4.78 is 26.0. The van der Waals surface area contributed by atoms with Gasteiger partial charge in [-0.05, 0) is 38.0 Å². The summed E-state index contributed by atoms with van der Waals surface area (Å²) in [6, 6.07) is 12.7. The maximum Gasteiger partial charge on any atom is 0.410 e. The van der Waals surface area contributed by atoms with Crippen LogP contribution in [0.1, 0.15) is 37.5 Å². The minimum absolute atomic E-state index is 0.0348. The van der Waals surface area contributed by atoms with Crippen molar-refractivity contribution in [1.29, 1.82) is 0 Å². The maximum atomic E-state index is 14.9. The molecule has 0 fully saturated rings. The summed E-state index contributed by atoms with van der Waals surface area (Å²) in [6.07, 6.45) is 2.60. The molecule has 0 atom stereocenters. The number of halogens is 1. The van der Waals surface area contributed by atoms with Gasteiger partial charge in [0, 0.05) is 18.2 Å². The van der Waals surface area contributed by atoms with Crippen LogP contribution in [0.5, 0.6) is 5.75 Å². The fourth-order valence-electron chi connectivity index (χ4n) is 2.68. The van der Waals surface area contributed by atoms with Gasteiger partial charge in [0.2, 0.25) is 0 Å². The first-order valence-electron chi connectivity index (χ1n) is 9.44. The van der Waals surface area contributed by atoms with E-state index in [1.54, 1.807) is 39.0 Å². The van der Waals surface area contributed by atoms with E-state index in [4.69, 9.17) is 9.47 Å². The number of amides is 1. The number of nitrogens with zero attached hydrogens (tertiary/aromatic N) is 1. The zero-order chi connectivity index (χ0) is 21.4. The van der Waals surface area contributed by atoms with Crippen LogP contribution in [0.2, 0.25) is 0 Å². The number of hydrogen-bond acceptors (Lipinski definition) is 3. The van der Waals surface area contributed by atoms with E-state index in [1.165, 1.54) is 11.0 Å². The molecule has 0 bridgehead atoms. The summed E-state index contributed by atoms with van der Waals surface area (Å²) in [6.45, 7) is 13.4. The van der Waals surface area contributed by atoms with Crippen LogP contribution in [0.4, 0.5) is 9.18 Å². The zero-order valence-corrected chi connectivity index (χ0v) is 17.3. The third-order valence-corrected chi connectivity index (χ3v) is 4.02. The maximum absolute atomic E-state index is 14.9. The van der Waals surface area contributed by atoms with E-state index < -0.39 is 17.5 Å². The second kappa shape index (κ2) is 9.92. The van der Waals surface area contributed by atoms with Crippen molar-refractivity contribution in [1.82, 2.24) is 4.90 Å². The van der Waals surface area contributed by atoms with E-state index in [2.05, 4.69) is 13.2 Å². The number of benzene rings is 2. The van der Waals surface area contributed by atoms with Gasteiger partial charge in [-0.3, -0.25) is 0 Å². The van der Waals surface area contributed by atoms with Crippen LogP contribution in [0.25, 0.3) is 6.08 Å². The number of carbonyl (C=O) groups is 1. The molecule has 2 aromatic carbocycles. The van der Waals surface area contributed by atoms with Gasteiger partial charge in [-0.1, -0.05) is 49.1 Å². The normalized spacial score (nSPS) is 10.9. The van der Waals surface area contributed by atoms with Crippen molar-refractivity contribution in [2.45, 2.75) is 39.5 Å². The van der Waals surface area contributed by atoms with E-state index in [9.17, 15) is 9.18 Å². The zero-order valence-electron chi connectivity index (χ0n) is 17.3. The lowest BCUT2D eigenvalue weighted by molar-refractivity contribution is 0.0255. The Morgan fingerprint density at radius 2 is 1.86 bits per heavy atom. The molecule has 0 radical (unpaired) electrons. The molecule has 0 aliphatic rings. The lowest BCUT2D eigenvalue weighted by atomic mass is 10.1. The first-order chi connectivity index (χ1) is 13.7. The number of rotatable bonds is 8. The molecule has 4 nitrogen and oxygen atoms in total. The molecule has 29 heavy (non-hydrogen) atoms. The predicted molar refractivity (Wildman–Crippen MR) is 114 cm³/mol. The largest absolute Gasteiger partial charge is 0.489 e. The molecule has 2 rings (SSSR count). The van der Waals surface area contributed by atoms with Gasteiger partial charge >= 0.3 is 6.09 Å². The first kappa shape index (κ1) is 22.2. The Morgan fingerprint density at radius 1 is 1.17 bits per heavy atom. The molecule has 0 aromatic heterocycles. The molecule has 154 valence electrons. The lowest BCUT2D eigenvalue weighted by Crippen LogP contribution is -2.36. The number of carbonyl (C=O) groups excluding carboxylic acids is 1. The highest BCUT2D eigenvalue weighted by atomic mass is 19.1. The monoisotopic (exact) mass is 397 g/mol. The summed E-state index contributed by atoms with van der Waals surface area (Å²) >= 11 is 0. The van der Waals surface area contributed by atoms with E-state index in [-0.39, 0.29) is 13.1 Å². The standard InChI is InChI=1S/C24H28FNO3/c1-6-13-26(23(27)29-24(3,4)5)16-21-19(7-2)14-20(15-22(21)25)28-17-18-11-9-8-10-12-18/h6-12,14-15H,1-2,13,16-17H2,3-5H3. The first-order valence-corrected chi connectivity index (χ1v) is 9.44. The van der Waals surface area contributed by atoms with Crippen LogP contribution in [-0.4, -0.2) is 23.1 Å². The molecular weight excluding hydrogens is 369 g/mol. The molecule has 0 N–H and O–H groups in total. The second-order valence-corrected chi connectivity index (χ2v) is 7.60. The van der Waals surface area contributed by atoms with Crippen LogP contribution in [0.3, 0.4) is 0 Å². The molecule has 0 unspecified atom stereocenters. The summed E-state index contributed by atoms with van der Waals surface area (Å²) in [7, 11) is 0. The molecule has 0 aliphatic heterocycles. The highest BCUT2D eigenvalue weighted by Crippen LogP contribution is 2.25. The van der Waals surface area contributed by atoms with Crippen molar-refractivity contribution >= 4 is 12.2 Å². The number of ether oxygens (including phenoxy) is 2. The van der Waals surface area contributed by atoms with E-state index in [0.717, 1.165) is 5.56 Å². The highest BCUT2D eigenvalue weighted by molar-refractivity contribution is 5.69. The number of hydrogen-bond donors (Lipinski definition) is 0. The van der Waals surface area contributed by atoms with Gasteiger partial charge in [-0.25, -0.2) is 9.18 Å². The molecule has 0 aliphatic carbocycles. The molecule has 0 saturated heterocycles. The van der Waals surface area contributed by atoms with Crippen LogP contribution >= 0.6 is 0 Å². The summed E-state index contributed by atoms with van der Waals surface area (Å²) in [5.74, 6) is -0.0689. The average molecular weight is 397 g/mol. The van der Waals surface area contributed by atoms with Crippen molar-refractivity contribution in [2.75, 3.05) is 6.54 Å². The molecule has 0 saturated carbocycles. The topological polar surface area (TPSA) is 38.8 Å². The van der Waals surface area contributed by atoms with Gasteiger partial charge < -0.3 is 14.4 Å². The summed E-state index contributed by atoms with van der Waals surface area (Å²) in [4.78, 5) is 13.9. The third-order valence-electron chi connectivity index (χ3n) is 4.02. The quantitative estimate of drug-likeness (QED) is 0.515. The molecule has 0 heterocycles. The smallest absolute Gasteiger partial charge is 0.410 e. The van der Waals surface area contributed by atoms with Crippen molar-refractivity contribution in [3.8, 4) is 5.75 Å². The average Bonchev–Trinajstić information content (AvgIpc) is 2.66. The Labute approximate surface area is 172 Å². The van der Waals surface area contributed by atoms with Gasteiger partial charge in [0.1, 0.15) is 23.8 Å². The van der Waals surface area contributed by atoms with Gasteiger partial charge in [0.25, 0.3) is 0 Å². The fraction of sp³-hybridized carbons (Fsp3) is 0.292. The van der Waals surface area contributed by atoms with Crippen LogP contribution in [0, 0.1) is 5.82 Å². The summed E-state index contributed by atoms with van der Waals surface area (Å²) in [5, 5.41) is 0. The Hall–Kier alpha value is -3.08. The van der Waals surface area contributed by atoms with E-state index >= 15 is 0 Å². The molecule has 2 aromatic rings. The van der Waals surface area contributed by atoms with E-state index in [0.29, 0.717) is 23.5 Å². The van der Waals surface area contributed by atoms with Crippen molar-refractivity contribution in [3.05, 3.63) is 84.2 Å². The van der Waals surface area contributed by atoms with Gasteiger partial charge in [-0.2, -0.15) is 0 Å². The van der Waals surface area contributed by atoms with Gasteiger partial charge in [0.15, 0.2) is 0 Å². The molecule has 1 amide bonds. The van der Waals surface area contributed by atoms with Gasteiger partial charge in [0.05, 0.1) is 6.54 Å². The van der Waals surface area contributed by atoms with Crippen LogP contribution in [0.15, 0.2) is 61.7 Å². The molecular formula is C24H28FNO3. The van der Waals surface area contributed by atoms with Crippen molar-refractivity contribution in [2.24, 2.45) is 0 Å². The second-order valence-electron chi connectivity index (χ2n) is 7.60. The molecule has 0 spiro atoms. The van der Waals surface area contributed by atoms with Crippen molar-refractivity contribution < 1.29 is 18.7 Å². The SMILES string of the molecule is C=CCN(Cc1c(F)cc(OCc2ccccc2)cc1C=C)C(=O)OC(C)(C)C.